The second kappa shape index (κ2) is 9.98. The molecule has 0 aliphatic carbocycles. The van der Waals surface area contributed by atoms with E-state index < -0.39 is 0 Å². The van der Waals surface area contributed by atoms with Crippen molar-refractivity contribution in [2.24, 2.45) is 0 Å². The van der Waals surface area contributed by atoms with Gasteiger partial charge in [0.25, 0.3) is 0 Å². The van der Waals surface area contributed by atoms with Gasteiger partial charge in [-0.15, -0.1) is 0 Å². The normalized spacial score (nSPS) is 22.6. The topological polar surface area (TPSA) is 62.2 Å². The molecule has 5 nitrogen and oxygen atoms in total. The highest BCUT2D eigenvalue weighted by molar-refractivity contribution is 5.48. The molecule has 2 N–H and O–H groups in total. The number of hydrogen-bond acceptors (Lipinski definition) is 5. The van der Waals surface area contributed by atoms with Crippen LogP contribution in [0.3, 0.4) is 0 Å². The van der Waals surface area contributed by atoms with E-state index >= 15 is 0 Å². The number of ether oxygens (including phenoxy) is 2. The molecular formula is C29H33NO4. The van der Waals surface area contributed by atoms with E-state index in [0.29, 0.717) is 6.61 Å². The molecule has 3 aromatic carbocycles. The monoisotopic (exact) mass is 459 g/mol. The summed E-state index contributed by atoms with van der Waals surface area (Å²) in [5.74, 6) is 2.18. The minimum atomic E-state index is -0.226. The van der Waals surface area contributed by atoms with Gasteiger partial charge >= 0.3 is 0 Å². The van der Waals surface area contributed by atoms with Crippen LogP contribution in [-0.2, 0) is 0 Å². The summed E-state index contributed by atoms with van der Waals surface area (Å²) in [6.07, 6.45) is 3.70. The molecule has 0 radical (unpaired) electrons. The van der Waals surface area contributed by atoms with Gasteiger partial charge in [0.05, 0.1) is 0 Å². The number of phenolic OH excluding ortho intramolecular Hbond substituents is 2. The van der Waals surface area contributed by atoms with Crippen LogP contribution in [0.25, 0.3) is 0 Å². The molecule has 0 spiro atoms. The fraction of sp³-hybridized carbons (Fsp3) is 0.379. The van der Waals surface area contributed by atoms with Gasteiger partial charge in [-0.2, -0.15) is 0 Å². The van der Waals surface area contributed by atoms with E-state index in [1.54, 1.807) is 18.2 Å². The number of hydrogen-bond donors (Lipinski definition) is 2. The van der Waals surface area contributed by atoms with Gasteiger partial charge in [0.15, 0.2) is 0 Å². The molecule has 2 aliphatic rings. The van der Waals surface area contributed by atoms with Gasteiger partial charge in [0.1, 0.15) is 35.7 Å². The van der Waals surface area contributed by atoms with Gasteiger partial charge in [-0.05, 0) is 85.4 Å². The van der Waals surface area contributed by atoms with Crippen molar-refractivity contribution in [1.82, 2.24) is 4.90 Å². The maximum absolute atomic E-state index is 10.1. The van der Waals surface area contributed by atoms with E-state index in [0.717, 1.165) is 34.7 Å². The zero-order chi connectivity index (χ0) is 23.5. The summed E-state index contributed by atoms with van der Waals surface area (Å²) in [5, 5.41) is 20.2. The minimum absolute atomic E-state index is 0.0210. The van der Waals surface area contributed by atoms with Crippen LogP contribution in [0, 0.1) is 0 Å². The Hall–Kier alpha value is -3.18. The lowest BCUT2D eigenvalue weighted by Gasteiger charge is -2.39. The molecule has 3 aromatic rings. The number of aromatic hydroxyl groups is 2. The van der Waals surface area contributed by atoms with Crippen molar-refractivity contribution >= 4 is 0 Å². The van der Waals surface area contributed by atoms with Gasteiger partial charge in [-0.1, -0.05) is 37.6 Å². The number of likely N-dealkylation sites (tertiary alicyclic amines) is 1. The Labute approximate surface area is 201 Å². The van der Waals surface area contributed by atoms with Crippen LogP contribution in [0.5, 0.6) is 23.0 Å². The maximum atomic E-state index is 10.1. The Balaban J connectivity index is 1.37. The first kappa shape index (κ1) is 22.6. The third-order valence-corrected chi connectivity index (χ3v) is 7.19. The Morgan fingerprint density at radius 3 is 2.41 bits per heavy atom. The molecule has 0 unspecified atom stereocenters. The van der Waals surface area contributed by atoms with Crippen molar-refractivity contribution in [1.29, 1.82) is 0 Å². The first-order valence-corrected chi connectivity index (χ1v) is 12.3. The average molecular weight is 460 g/mol. The van der Waals surface area contributed by atoms with Crippen molar-refractivity contribution in [3.63, 3.8) is 0 Å². The van der Waals surface area contributed by atoms with Crippen molar-refractivity contribution in [2.75, 3.05) is 26.2 Å². The number of phenols is 2. The van der Waals surface area contributed by atoms with E-state index in [9.17, 15) is 10.2 Å². The molecule has 1 saturated heterocycles. The fourth-order valence-electron chi connectivity index (χ4n) is 5.37. The van der Waals surface area contributed by atoms with Gasteiger partial charge in [0, 0.05) is 18.0 Å². The molecular weight excluding hydrogens is 426 g/mol. The summed E-state index contributed by atoms with van der Waals surface area (Å²) in [7, 11) is 0. The van der Waals surface area contributed by atoms with Gasteiger partial charge < -0.3 is 19.7 Å². The molecule has 0 bridgehead atoms. The van der Waals surface area contributed by atoms with Crippen molar-refractivity contribution < 1.29 is 19.7 Å². The van der Waals surface area contributed by atoms with Gasteiger partial charge in [-0.25, -0.2) is 0 Å². The Bertz CT molecular complexity index is 1110. The smallest absolute Gasteiger partial charge is 0.131 e. The van der Waals surface area contributed by atoms with Crippen LogP contribution in [0.15, 0.2) is 66.7 Å². The molecule has 178 valence electrons. The van der Waals surface area contributed by atoms with Crippen LogP contribution in [-0.4, -0.2) is 41.4 Å². The summed E-state index contributed by atoms with van der Waals surface area (Å²) in [5.41, 5.74) is 3.04. The maximum Gasteiger partial charge on any atom is 0.131 e. The molecule has 1 fully saturated rings. The summed E-state index contributed by atoms with van der Waals surface area (Å²) >= 11 is 0. The number of fused-ring (bicyclic) bond motifs is 1. The molecule has 34 heavy (non-hydrogen) atoms. The van der Waals surface area contributed by atoms with Gasteiger partial charge in [-0.3, -0.25) is 4.90 Å². The van der Waals surface area contributed by atoms with Crippen LogP contribution >= 0.6 is 0 Å². The quantitative estimate of drug-likeness (QED) is 0.475. The van der Waals surface area contributed by atoms with Crippen LogP contribution in [0.1, 0.15) is 60.8 Å². The summed E-state index contributed by atoms with van der Waals surface area (Å²) in [6.45, 7) is 6.16. The van der Waals surface area contributed by atoms with Crippen LogP contribution < -0.4 is 9.47 Å². The third kappa shape index (κ3) is 4.85. The van der Waals surface area contributed by atoms with E-state index in [1.165, 1.54) is 32.4 Å². The largest absolute Gasteiger partial charge is 0.508 e. The molecule has 0 saturated carbocycles. The van der Waals surface area contributed by atoms with Crippen molar-refractivity contribution in [3.05, 3.63) is 83.4 Å². The lowest BCUT2D eigenvalue weighted by Crippen LogP contribution is -2.33. The highest BCUT2D eigenvalue weighted by Crippen LogP contribution is 2.52. The minimum Gasteiger partial charge on any atom is -0.508 e. The van der Waals surface area contributed by atoms with Gasteiger partial charge in [0.2, 0.25) is 0 Å². The summed E-state index contributed by atoms with van der Waals surface area (Å²) < 4.78 is 12.5. The number of nitrogens with zero attached hydrogens (tertiary/aromatic N) is 1. The van der Waals surface area contributed by atoms with Crippen molar-refractivity contribution in [3.8, 4) is 23.0 Å². The molecule has 3 atom stereocenters. The Kier molecular flexibility index (Phi) is 6.63. The third-order valence-electron chi connectivity index (χ3n) is 7.19. The average Bonchev–Trinajstić information content (AvgIpc) is 2.85. The zero-order valence-electron chi connectivity index (χ0n) is 19.7. The molecule has 0 aromatic heterocycles. The number of piperidine rings is 1. The van der Waals surface area contributed by atoms with E-state index in [-0.39, 0.29) is 29.4 Å². The van der Waals surface area contributed by atoms with E-state index in [4.69, 9.17) is 9.47 Å². The van der Waals surface area contributed by atoms with E-state index in [2.05, 4.69) is 24.0 Å². The van der Waals surface area contributed by atoms with Crippen molar-refractivity contribution in [2.45, 2.75) is 44.1 Å². The second-order valence-electron chi connectivity index (χ2n) is 9.49. The zero-order valence-corrected chi connectivity index (χ0v) is 19.7. The standard InChI is InChI=1S/C29H33NO4/c1-20-26-19-24(32)10-13-27(26)34-29(28(20)22-6-5-7-23(31)18-22)21-8-11-25(12-9-21)33-17-16-30-14-3-2-4-15-30/h5-13,18-20,28-29,31-32H,2-4,14-17H2,1H3/t20-,28-,29+/m0/s1. The fourth-order valence-corrected chi connectivity index (χ4v) is 5.37. The molecule has 0 amide bonds. The highest BCUT2D eigenvalue weighted by atomic mass is 16.5. The van der Waals surface area contributed by atoms with Crippen LogP contribution in [0.4, 0.5) is 0 Å². The van der Waals surface area contributed by atoms with Crippen LogP contribution in [0.2, 0.25) is 0 Å². The second-order valence-corrected chi connectivity index (χ2v) is 9.49. The Morgan fingerprint density at radius 2 is 1.65 bits per heavy atom. The first-order chi connectivity index (χ1) is 16.6. The lowest BCUT2D eigenvalue weighted by atomic mass is 9.75. The first-order valence-electron chi connectivity index (χ1n) is 12.3. The van der Waals surface area contributed by atoms with E-state index in [1.807, 2.05) is 36.4 Å². The predicted octanol–water partition coefficient (Wildman–Crippen LogP) is 5.98. The molecule has 5 rings (SSSR count). The molecule has 2 aliphatic heterocycles. The predicted molar refractivity (Wildman–Crippen MR) is 133 cm³/mol. The number of rotatable bonds is 6. The summed E-state index contributed by atoms with van der Waals surface area (Å²) in [6, 6.07) is 20.9. The summed E-state index contributed by atoms with van der Waals surface area (Å²) in [4.78, 5) is 2.48. The highest BCUT2D eigenvalue weighted by Gasteiger charge is 2.38. The molecule has 5 heteroatoms. The number of benzene rings is 3. The lowest BCUT2D eigenvalue weighted by molar-refractivity contribution is 0.136. The molecule has 2 heterocycles. The SMILES string of the molecule is C[C@H]1c2cc(O)ccc2O[C@H](c2ccc(OCCN3CCCCC3)cc2)[C@@H]1c1cccc(O)c1. The Morgan fingerprint density at radius 1 is 0.882 bits per heavy atom.